The Morgan fingerprint density at radius 2 is 1.82 bits per heavy atom. The van der Waals surface area contributed by atoms with E-state index in [-0.39, 0.29) is 11.4 Å². The highest BCUT2D eigenvalue weighted by Crippen LogP contribution is 2.17. The molecule has 1 aromatic rings. The highest BCUT2D eigenvalue weighted by atomic mass is 16.6. The van der Waals surface area contributed by atoms with Crippen molar-refractivity contribution < 1.29 is 24.4 Å². The maximum absolute atomic E-state index is 11.0. The van der Waals surface area contributed by atoms with Gasteiger partial charge < -0.3 is 9.84 Å². The number of nitrogens with zero attached hydrogens (tertiary/aromatic N) is 1. The number of rotatable bonds is 4. The number of hydrogen-bond donors (Lipinski definition) is 1. The van der Waals surface area contributed by atoms with Gasteiger partial charge in [-0.25, -0.2) is 9.59 Å². The highest BCUT2D eigenvalue weighted by molar-refractivity contribution is 5.91. The molecular formula is C10H7NO6. The molecule has 0 aliphatic rings. The van der Waals surface area contributed by atoms with Crippen molar-refractivity contribution in [3.8, 4) is 5.75 Å². The van der Waals surface area contributed by atoms with Crippen molar-refractivity contribution in [1.82, 2.24) is 0 Å². The van der Waals surface area contributed by atoms with Gasteiger partial charge in [0.2, 0.25) is 0 Å². The third-order valence-electron chi connectivity index (χ3n) is 1.63. The monoisotopic (exact) mass is 237 g/mol. The number of ether oxygens (including phenoxy) is 1. The van der Waals surface area contributed by atoms with Crippen molar-refractivity contribution >= 4 is 17.6 Å². The number of nitro groups is 1. The average Bonchev–Trinajstić information content (AvgIpc) is 2.27. The number of carboxylic acid groups (broad SMARTS) is 1. The first-order chi connectivity index (χ1) is 7.99. The Bertz CT molecular complexity index is 476. The number of esters is 1. The van der Waals surface area contributed by atoms with Crippen LogP contribution in [0.2, 0.25) is 0 Å². The van der Waals surface area contributed by atoms with Gasteiger partial charge in [0.25, 0.3) is 5.69 Å². The van der Waals surface area contributed by atoms with Gasteiger partial charge in [0.05, 0.1) is 4.92 Å². The first-order valence-electron chi connectivity index (χ1n) is 4.36. The molecule has 0 atom stereocenters. The van der Waals surface area contributed by atoms with E-state index in [0.29, 0.717) is 6.08 Å². The zero-order valence-electron chi connectivity index (χ0n) is 8.40. The Balaban J connectivity index is 2.66. The van der Waals surface area contributed by atoms with Crippen LogP contribution < -0.4 is 4.74 Å². The minimum atomic E-state index is -1.27. The van der Waals surface area contributed by atoms with Crippen LogP contribution >= 0.6 is 0 Å². The molecular weight excluding hydrogens is 230 g/mol. The van der Waals surface area contributed by atoms with Gasteiger partial charge in [0.1, 0.15) is 5.75 Å². The summed E-state index contributed by atoms with van der Waals surface area (Å²) in [6, 6.07) is 4.82. The van der Waals surface area contributed by atoms with Gasteiger partial charge in [0, 0.05) is 24.3 Å². The smallest absolute Gasteiger partial charge is 0.336 e. The minimum Gasteiger partial charge on any atom is -0.478 e. The molecule has 0 fully saturated rings. The predicted octanol–water partition coefficient (Wildman–Crippen LogP) is 1.14. The second-order valence-corrected chi connectivity index (χ2v) is 2.84. The third-order valence-corrected chi connectivity index (χ3v) is 1.63. The number of non-ortho nitro benzene ring substituents is 1. The molecule has 1 aromatic carbocycles. The van der Waals surface area contributed by atoms with Crippen LogP contribution in [0.25, 0.3) is 0 Å². The fourth-order valence-corrected chi connectivity index (χ4v) is 0.925. The van der Waals surface area contributed by atoms with Crippen LogP contribution in [0.15, 0.2) is 36.4 Å². The molecule has 17 heavy (non-hydrogen) atoms. The van der Waals surface area contributed by atoms with Crippen LogP contribution in [0.4, 0.5) is 5.69 Å². The molecule has 0 saturated heterocycles. The SMILES string of the molecule is O=C(O)/C=C\C(=O)Oc1ccc([N+](=O)[O-])cc1. The molecule has 0 aromatic heterocycles. The summed E-state index contributed by atoms with van der Waals surface area (Å²) in [4.78, 5) is 30.9. The van der Waals surface area contributed by atoms with Crippen LogP contribution in [0.5, 0.6) is 5.75 Å². The number of hydrogen-bond acceptors (Lipinski definition) is 5. The minimum absolute atomic E-state index is 0.0932. The Kier molecular flexibility index (Phi) is 3.93. The second-order valence-electron chi connectivity index (χ2n) is 2.84. The lowest BCUT2D eigenvalue weighted by atomic mass is 10.3. The number of carbonyl (C=O) groups is 2. The maximum Gasteiger partial charge on any atom is 0.336 e. The molecule has 0 amide bonds. The largest absolute Gasteiger partial charge is 0.478 e. The molecule has 0 heterocycles. The topological polar surface area (TPSA) is 107 Å². The molecule has 1 rings (SSSR count). The molecule has 0 spiro atoms. The van der Waals surface area contributed by atoms with Gasteiger partial charge in [-0.3, -0.25) is 10.1 Å². The summed E-state index contributed by atoms with van der Waals surface area (Å²) in [5.41, 5.74) is -0.133. The molecule has 88 valence electrons. The van der Waals surface area contributed by atoms with Gasteiger partial charge >= 0.3 is 11.9 Å². The zero-order chi connectivity index (χ0) is 12.8. The quantitative estimate of drug-likeness (QED) is 0.276. The summed E-state index contributed by atoms with van der Waals surface area (Å²) in [7, 11) is 0. The normalized spacial score (nSPS) is 10.1. The summed E-state index contributed by atoms with van der Waals surface area (Å²) in [5, 5.41) is 18.6. The molecule has 0 aliphatic heterocycles. The van der Waals surface area contributed by atoms with Crippen LogP contribution in [0.3, 0.4) is 0 Å². The van der Waals surface area contributed by atoms with E-state index in [2.05, 4.69) is 4.74 Å². The summed E-state index contributed by atoms with van der Waals surface area (Å²) in [6.45, 7) is 0. The van der Waals surface area contributed by atoms with Crippen LogP contribution in [0, 0.1) is 10.1 Å². The van der Waals surface area contributed by atoms with E-state index >= 15 is 0 Å². The van der Waals surface area contributed by atoms with Crippen molar-refractivity contribution in [1.29, 1.82) is 0 Å². The Labute approximate surface area is 95.1 Å². The Hall–Kier alpha value is -2.70. The van der Waals surface area contributed by atoms with Gasteiger partial charge in [-0.05, 0) is 12.1 Å². The van der Waals surface area contributed by atoms with E-state index in [1.54, 1.807) is 0 Å². The summed E-state index contributed by atoms with van der Waals surface area (Å²) < 4.78 is 4.69. The summed E-state index contributed by atoms with van der Waals surface area (Å²) in [5.74, 6) is -2.05. The molecule has 0 radical (unpaired) electrons. The fraction of sp³-hybridized carbons (Fsp3) is 0. The van der Waals surface area contributed by atoms with Gasteiger partial charge in [0.15, 0.2) is 0 Å². The summed E-state index contributed by atoms with van der Waals surface area (Å²) in [6.07, 6.45) is 1.37. The molecule has 0 saturated carbocycles. The standard InChI is InChI=1S/C10H7NO6/c12-9(13)5-6-10(14)17-8-3-1-7(2-4-8)11(15)16/h1-6H,(H,12,13)/b6-5-. The number of carboxylic acids is 1. The van der Waals surface area contributed by atoms with E-state index in [1.165, 1.54) is 24.3 Å². The van der Waals surface area contributed by atoms with E-state index in [1.807, 2.05) is 0 Å². The van der Waals surface area contributed by atoms with Gasteiger partial charge in [-0.2, -0.15) is 0 Å². The molecule has 0 aliphatic carbocycles. The Morgan fingerprint density at radius 3 is 2.29 bits per heavy atom. The fourth-order valence-electron chi connectivity index (χ4n) is 0.925. The van der Waals surface area contributed by atoms with Crippen molar-refractivity contribution in [2.75, 3.05) is 0 Å². The second kappa shape index (κ2) is 5.40. The lowest BCUT2D eigenvalue weighted by molar-refractivity contribution is -0.384. The highest BCUT2D eigenvalue weighted by Gasteiger charge is 2.06. The third kappa shape index (κ3) is 4.12. The van der Waals surface area contributed by atoms with E-state index in [4.69, 9.17) is 5.11 Å². The number of carbonyl (C=O) groups excluding carboxylic acids is 1. The van der Waals surface area contributed by atoms with E-state index in [0.717, 1.165) is 6.08 Å². The molecule has 0 bridgehead atoms. The zero-order valence-corrected chi connectivity index (χ0v) is 8.40. The maximum atomic E-state index is 11.0. The molecule has 7 heteroatoms. The van der Waals surface area contributed by atoms with E-state index < -0.39 is 16.9 Å². The van der Waals surface area contributed by atoms with Crippen LogP contribution in [0.1, 0.15) is 0 Å². The van der Waals surface area contributed by atoms with Crippen molar-refractivity contribution in [2.24, 2.45) is 0 Å². The van der Waals surface area contributed by atoms with Crippen LogP contribution in [-0.4, -0.2) is 22.0 Å². The van der Waals surface area contributed by atoms with Gasteiger partial charge in [-0.1, -0.05) is 0 Å². The predicted molar refractivity (Wildman–Crippen MR) is 55.5 cm³/mol. The van der Waals surface area contributed by atoms with Crippen LogP contribution in [-0.2, 0) is 9.59 Å². The Morgan fingerprint density at radius 1 is 1.24 bits per heavy atom. The lowest BCUT2D eigenvalue weighted by Gasteiger charge is -1.99. The number of aliphatic carboxylic acids is 1. The first kappa shape index (κ1) is 12.4. The van der Waals surface area contributed by atoms with Gasteiger partial charge in [-0.15, -0.1) is 0 Å². The van der Waals surface area contributed by atoms with Crippen molar-refractivity contribution in [3.05, 3.63) is 46.5 Å². The molecule has 0 unspecified atom stereocenters. The summed E-state index contributed by atoms with van der Waals surface area (Å²) >= 11 is 0. The van der Waals surface area contributed by atoms with Crippen molar-refractivity contribution in [3.63, 3.8) is 0 Å². The van der Waals surface area contributed by atoms with E-state index in [9.17, 15) is 19.7 Å². The average molecular weight is 237 g/mol. The molecule has 7 nitrogen and oxygen atoms in total. The lowest BCUT2D eigenvalue weighted by Crippen LogP contribution is -2.04. The molecule has 1 N–H and O–H groups in total. The number of benzene rings is 1. The van der Waals surface area contributed by atoms with Crippen molar-refractivity contribution in [2.45, 2.75) is 0 Å². The number of nitro benzene ring substituents is 1. The first-order valence-corrected chi connectivity index (χ1v) is 4.36.